The number of likely N-dealkylation sites (tertiary alicyclic amines) is 1. The largest absolute Gasteiger partial charge is 0.481 e. The fraction of sp³-hybridized carbons (Fsp3) is 0.423. The number of nitrogens with one attached hydrogen (secondary N) is 1. The van der Waals surface area contributed by atoms with Gasteiger partial charge < -0.3 is 24.8 Å². The van der Waals surface area contributed by atoms with Crippen molar-refractivity contribution < 1.29 is 29.0 Å². The Balaban J connectivity index is 1.29. The summed E-state index contributed by atoms with van der Waals surface area (Å²) in [6, 6.07) is 16.3. The number of rotatable bonds is 9. The normalized spacial score (nSPS) is 17.7. The van der Waals surface area contributed by atoms with Gasteiger partial charge in [0.15, 0.2) is 0 Å². The third-order valence-corrected chi connectivity index (χ3v) is 6.51. The second kappa shape index (κ2) is 10.7. The quantitative estimate of drug-likeness (QED) is 0.588. The van der Waals surface area contributed by atoms with Crippen LogP contribution in [0, 0.1) is 5.92 Å². The van der Waals surface area contributed by atoms with E-state index in [4.69, 9.17) is 14.6 Å². The highest BCUT2D eigenvalue weighted by Crippen LogP contribution is 2.44. The zero-order chi connectivity index (χ0) is 24.1. The Morgan fingerprint density at radius 3 is 2.32 bits per heavy atom. The number of carbonyl (C=O) groups excluding carboxylic acids is 2. The molecule has 0 radical (unpaired) electrons. The van der Waals surface area contributed by atoms with Crippen molar-refractivity contribution in [2.45, 2.75) is 31.8 Å². The fourth-order valence-corrected chi connectivity index (χ4v) is 4.78. The number of carboxylic acids is 1. The average Bonchev–Trinajstić information content (AvgIpc) is 3.45. The van der Waals surface area contributed by atoms with Gasteiger partial charge in [-0.15, -0.1) is 0 Å². The molecule has 0 bridgehead atoms. The molecule has 1 fully saturated rings. The molecule has 180 valence electrons. The van der Waals surface area contributed by atoms with Crippen molar-refractivity contribution in [1.29, 1.82) is 0 Å². The minimum Gasteiger partial charge on any atom is -0.481 e. The molecule has 2 unspecified atom stereocenters. The predicted octanol–water partition coefficient (Wildman–Crippen LogP) is 3.25. The van der Waals surface area contributed by atoms with Gasteiger partial charge in [0.1, 0.15) is 6.61 Å². The van der Waals surface area contributed by atoms with Crippen molar-refractivity contribution in [2.24, 2.45) is 5.92 Å². The number of carboxylic acid groups (broad SMARTS) is 1. The maximum absolute atomic E-state index is 12.6. The second-order valence-electron chi connectivity index (χ2n) is 8.65. The van der Waals surface area contributed by atoms with Crippen molar-refractivity contribution >= 4 is 18.0 Å². The summed E-state index contributed by atoms with van der Waals surface area (Å²) in [5.74, 6) is -1.60. The number of aliphatic carboxylic acids is 1. The number of ether oxygens (including phenoxy) is 2. The predicted molar refractivity (Wildman–Crippen MR) is 125 cm³/mol. The Bertz CT molecular complexity index is 1010. The first-order chi connectivity index (χ1) is 16.5. The van der Waals surface area contributed by atoms with E-state index in [1.165, 1.54) is 0 Å². The van der Waals surface area contributed by atoms with Gasteiger partial charge in [-0.05, 0) is 35.6 Å². The summed E-state index contributed by atoms with van der Waals surface area (Å²) >= 11 is 0. The molecule has 1 heterocycles. The zero-order valence-electron chi connectivity index (χ0n) is 19.2. The standard InChI is InChI=1S/C26H30N2O6/c1-2-33-18(13-24(29)28-12-11-17(15-28)25(30)31)14-27-26(32)34-16-23-21-9-5-3-7-19(21)20-8-4-6-10-22(20)23/h3-10,17-18,23H,2,11-16H2,1H3,(H,27,32)(H,30,31). The van der Waals surface area contributed by atoms with E-state index in [0.717, 1.165) is 22.3 Å². The summed E-state index contributed by atoms with van der Waals surface area (Å²) in [5.41, 5.74) is 4.60. The zero-order valence-corrected chi connectivity index (χ0v) is 19.2. The number of nitrogens with zero attached hydrogens (tertiary/aromatic N) is 1. The van der Waals surface area contributed by atoms with Crippen LogP contribution in [0.4, 0.5) is 4.79 Å². The molecule has 1 aliphatic carbocycles. The first kappa shape index (κ1) is 23.8. The van der Waals surface area contributed by atoms with Gasteiger partial charge in [0.25, 0.3) is 0 Å². The van der Waals surface area contributed by atoms with Crippen LogP contribution in [0.2, 0.25) is 0 Å². The Hall–Kier alpha value is -3.39. The van der Waals surface area contributed by atoms with E-state index in [-0.39, 0.29) is 37.9 Å². The summed E-state index contributed by atoms with van der Waals surface area (Å²) in [6.07, 6.45) is -0.546. The Morgan fingerprint density at radius 2 is 1.74 bits per heavy atom. The van der Waals surface area contributed by atoms with E-state index < -0.39 is 24.1 Å². The summed E-state index contributed by atoms with van der Waals surface area (Å²) < 4.78 is 11.2. The number of benzene rings is 2. The summed E-state index contributed by atoms with van der Waals surface area (Å²) in [7, 11) is 0. The third-order valence-electron chi connectivity index (χ3n) is 6.51. The topological polar surface area (TPSA) is 105 Å². The van der Waals surface area contributed by atoms with Crippen LogP contribution in [0.3, 0.4) is 0 Å². The molecule has 34 heavy (non-hydrogen) atoms. The number of hydrogen-bond donors (Lipinski definition) is 2. The van der Waals surface area contributed by atoms with Crippen LogP contribution in [-0.4, -0.2) is 66.9 Å². The summed E-state index contributed by atoms with van der Waals surface area (Å²) in [6.45, 7) is 3.19. The maximum atomic E-state index is 12.6. The molecule has 1 aliphatic heterocycles. The van der Waals surface area contributed by atoms with Crippen molar-refractivity contribution in [3.05, 3.63) is 59.7 Å². The highest BCUT2D eigenvalue weighted by Gasteiger charge is 2.32. The molecule has 2 aromatic carbocycles. The number of amides is 2. The molecule has 0 spiro atoms. The Kier molecular flexibility index (Phi) is 7.47. The van der Waals surface area contributed by atoms with Crippen LogP contribution in [0.5, 0.6) is 0 Å². The molecule has 1 saturated heterocycles. The molecule has 2 aromatic rings. The van der Waals surface area contributed by atoms with Gasteiger partial charge in [-0.2, -0.15) is 0 Å². The lowest BCUT2D eigenvalue weighted by Gasteiger charge is -2.22. The number of hydrogen-bond acceptors (Lipinski definition) is 5. The van der Waals surface area contributed by atoms with Gasteiger partial charge in [0.2, 0.25) is 5.91 Å². The molecule has 2 aliphatic rings. The lowest BCUT2D eigenvalue weighted by atomic mass is 9.98. The minimum absolute atomic E-state index is 0.0280. The van der Waals surface area contributed by atoms with Gasteiger partial charge in [-0.25, -0.2) is 4.79 Å². The molecular weight excluding hydrogens is 436 g/mol. The minimum atomic E-state index is -0.881. The van der Waals surface area contributed by atoms with Crippen LogP contribution in [0.1, 0.15) is 36.8 Å². The maximum Gasteiger partial charge on any atom is 0.407 e. The average molecular weight is 467 g/mol. The second-order valence-corrected chi connectivity index (χ2v) is 8.65. The molecule has 8 heteroatoms. The number of carbonyl (C=O) groups is 3. The van der Waals surface area contributed by atoms with E-state index in [2.05, 4.69) is 29.6 Å². The van der Waals surface area contributed by atoms with Crippen LogP contribution in [0.25, 0.3) is 11.1 Å². The highest BCUT2D eigenvalue weighted by molar-refractivity contribution is 5.80. The summed E-state index contributed by atoms with van der Waals surface area (Å²) in [5, 5.41) is 11.8. The summed E-state index contributed by atoms with van der Waals surface area (Å²) in [4.78, 5) is 37.7. The van der Waals surface area contributed by atoms with E-state index in [9.17, 15) is 14.4 Å². The van der Waals surface area contributed by atoms with Gasteiger partial charge in [-0.3, -0.25) is 9.59 Å². The number of fused-ring (bicyclic) bond motifs is 3. The smallest absolute Gasteiger partial charge is 0.407 e. The van der Waals surface area contributed by atoms with Crippen LogP contribution in [-0.2, 0) is 19.1 Å². The molecule has 0 saturated carbocycles. The van der Waals surface area contributed by atoms with Crippen LogP contribution >= 0.6 is 0 Å². The molecule has 2 atom stereocenters. The molecule has 2 amide bonds. The first-order valence-corrected chi connectivity index (χ1v) is 11.7. The van der Waals surface area contributed by atoms with Gasteiger partial charge >= 0.3 is 12.1 Å². The SMILES string of the molecule is CCOC(CNC(=O)OCC1c2ccccc2-c2ccccc21)CC(=O)N1CCC(C(=O)O)C1. The van der Waals surface area contributed by atoms with Crippen LogP contribution < -0.4 is 5.32 Å². The van der Waals surface area contributed by atoms with Gasteiger partial charge in [0.05, 0.1) is 18.4 Å². The highest BCUT2D eigenvalue weighted by atomic mass is 16.5. The first-order valence-electron chi connectivity index (χ1n) is 11.7. The molecule has 4 rings (SSSR count). The van der Waals surface area contributed by atoms with Crippen LogP contribution in [0.15, 0.2) is 48.5 Å². The van der Waals surface area contributed by atoms with E-state index in [1.807, 2.05) is 31.2 Å². The molecule has 8 nitrogen and oxygen atoms in total. The third kappa shape index (κ3) is 5.22. The molecule has 2 N–H and O–H groups in total. The number of alkyl carbamates (subject to hydrolysis) is 1. The van der Waals surface area contributed by atoms with E-state index in [1.54, 1.807) is 4.90 Å². The molecule has 0 aromatic heterocycles. The van der Waals surface area contributed by atoms with Crippen molar-refractivity contribution in [2.75, 3.05) is 32.8 Å². The van der Waals surface area contributed by atoms with E-state index >= 15 is 0 Å². The Labute approximate surface area is 198 Å². The lowest BCUT2D eigenvalue weighted by Crippen LogP contribution is -2.39. The van der Waals surface area contributed by atoms with Crippen molar-refractivity contribution in [3.63, 3.8) is 0 Å². The van der Waals surface area contributed by atoms with Gasteiger partial charge in [-0.1, -0.05) is 48.5 Å². The fourth-order valence-electron chi connectivity index (χ4n) is 4.78. The molecular formula is C26H30N2O6. The van der Waals surface area contributed by atoms with Gasteiger partial charge in [0, 0.05) is 32.2 Å². The monoisotopic (exact) mass is 466 g/mol. The van der Waals surface area contributed by atoms with Crippen molar-refractivity contribution in [3.8, 4) is 11.1 Å². The van der Waals surface area contributed by atoms with E-state index in [0.29, 0.717) is 19.6 Å². The lowest BCUT2D eigenvalue weighted by molar-refractivity contribution is -0.141. The van der Waals surface area contributed by atoms with Crippen molar-refractivity contribution in [1.82, 2.24) is 10.2 Å². The Morgan fingerprint density at radius 1 is 1.09 bits per heavy atom.